The van der Waals surface area contributed by atoms with Gasteiger partial charge in [0, 0.05) is 8.95 Å². The fraction of sp³-hybridized carbons (Fsp3) is 0. The summed E-state index contributed by atoms with van der Waals surface area (Å²) < 4.78 is 2.17. The quantitative estimate of drug-likeness (QED) is 0.560. The lowest BCUT2D eigenvalue weighted by Crippen LogP contribution is -2.03. The maximum absolute atomic E-state index is 3.74. The molecule has 0 spiro atoms. The smallest absolute Gasteiger partial charge is 0.176 e. The van der Waals surface area contributed by atoms with E-state index in [4.69, 9.17) is 0 Å². The molecular formula is C17H12Br2N+. The first-order valence-corrected chi connectivity index (χ1v) is 7.85. The number of aromatic amines is 1. The highest BCUT2D eigenvalue weighted by molar-refractivity contribution is 9.11. The second-order valence-corrected chi connectivity index (χ2v) is 6.18. The van der Waals surface area contributed by atoms with Crippen LogP contribution in [-0.2, 0) is 0 Å². The van der Waals surface area contributed by atoms with Gasteiger partial charge in [-0.15, -0.1) is 0 Å². The second-order valence-electron chi connectivity index (χ2n) is 4.47. The fourth-order valence-electron chi connectivity index (χ4n) is 2.17. The normalized spacial score (nSPS) is 10.5. The van der Waals surface area contributed by atoms with E-state index in [0.29, 0.717) is 0 Å². The molecule has 1 heterocycles. The Morgan fingerprint density at radius 1 is 0.700 bits per heavy atom. The minimum atomic E-state index is 1.08. The summed E-state index contributed by atoms with van der Waals surface area (Å²) in [5.41, 5.74) is 4.66. The maximum Gasteiger partial charge on any atom is 0.176 e. The highest BCUT2D eigenvalue weighted by Gasteiger charge is 2.13. The molecule has 3 heteroatoms. The molecule has 0 fully saturated rings. The first-order chi connectivity index (χ1) is 9.75. The molecule has 98 valence electrons. The van der Waals surface area contributed by atoms with Gasteiger partial charge in [-0.2, -0.15) is 0 Å². The molecule has 2 aromatic carbocycles. The molecule has 3 aromatic rings. The van der Waals surface area contributed by atoms with Crippen molar-refractivity contribution in [2.24, 2.45) is 0 Å². The van der Waals surface area contributed by atoms with Gasteiger partial charge in [-0.3, -0.25) is 0 Å². The molecule has 0 bridgehead atoms. The molecule has 0 aliphatic carbocycles. The van der Waals surface area contributed by atoms with Crippen molar-refractivity contribution in [3.8, 4) is 22.3 Å². The van der Waals surface area contributed by atoms with Gasteiger partial charge < -0.3 is 0 Å². The van der Waals surface area contributed by atoms with Crippen LogP contribution < -0.4 is 4.98 Å². The standard InChI is InChI=1S/C17H11Br2N/c18-14-8-4-7-13(9-14)16-11-20-10-15(17(16)19)12-5-2-1-3-6-12/h1-11H/p+1. The van der Waals surface area contributed by atoms with Gasteiger partial charge in [0.2, 0.25) is 0 Å². The average molecular weight is 390 g/mol. The second kappa shape index (κ2) is 5.90. The summed E-state index contributed by atoms with van der Waals surface area (Å²) in [4.78, 5) is 3.24. The average Bonchev–Trinajstić information content (AvgIpc) is 2.48. The zero-order valence-corrected chi connectivity index (χ0v) is 13.8. The van der Waals surface area contributed by atoms with Crippen molar-refractivity contribution in [2.75, 3.05) is 0 Å². The first-order valence-electron chi connectivity index (χ1n) is 6.26. The van der Waals surface area contributed by atoms with Gasteiger partial charge in [0.1, 0.15) is 0 Å². The highest BCUT2D eigenvalue weighted by Crippen LogP contribution is 2.35. The van der Waals surface area contributed by atoms with E-state index >= 15 is 0 Å². The predicted molar refractivity (Wildman–Crippen MR) is 89.3 cm³/mol. The molecule has 0 aliphatic rings. The lowest BCUT2D eigenvalue weighted by molar-refractivity contribution is -0.376. The molecule has 0 aliphatic heterocycles. The number of hydrogen-bond acceptors (Lipinski definition) is 0. The van der Waals surface area contributed by atoms with Crippen LogP contribution in [0.2, 0.25) is 0 Å². The highest BCUT2D eigenvalue weighted by atomic mass is 79.9. The number of benzene rings is 2. The third-order valence-electron chi connectivity index (χ3n) is 3.15. The van der Waals surface area contributed by atoms with Gasteiger partial charge in [0.25, 0.3) is 0 Å². The SMILES string of the molecule is Brc1cccc(-c2c[nH+]cc(-c3ccccc3)c2Br)c1. The molecular weight excluding hydrogens is 378 g/mol. The van der Waals surface area contributed by atoms with Crippen LogP contribution in [0.3, 0.4) is 0 Å². The van der Waals surface area contributed by atoms with Crippen molar-refractivity contribution in [1.29, 1.82) is 0 Å². The van der Waals surface area contributed by atoms with Gasteiger partial charge in [-0.1, -0.05) is 58.4 Å². The summed E-state index contributed by atoms with van der Waals surface area (Å²) in [6.45, 7) is 0. The third-order valence-corrected chi connectivity index (χ3v) is 4.50. The van der Waals surface area contributed by atoms with Crippen LogP contribution in [0.15, 0.2) is 75.9 Å². The van der Waals surface area contributed by atoms with Crippen LogP contribution >= 0.6 is 31.9 Å². The van der Waals surface area contributed by atoms with Crippen LogP contribution in [0.5, 0.6) is 0 Å². The molecule has 1 aromatic heterocycles. The number of nitrogens with one attached hydrogen (secondary N) is 1. The summed E-state index contributed by atoms with van der Waals surface area (Å²) in [6, 6.07) is 18.6. The molecule has 0 unspecified atom stereocenters. The third kappa shape index (κ3) is 2.69. The van der Waals surface area contributed by atoms with E-state index in [2.05, 4.69) is 61.1 Å². The number of H-pyrrole nitrogens is 1. The van der Waals surface area contributed by atoms with E-state index < -0.39 is 0 Å². The molecule has 20 heavy (non-hydrogen) atoms. The zero-order chi connectivity index (χ0) is 13.9. The van der Waals surface area contributed by atoms with Crippen LogP contribution in [0, 0.1) is 0 Å². The lowest BCUT2D eigenvalue weighted by atomic mass is 10.0. The van der Waals surface area contributed by atoms with Gasteiger partial charge in [-0.25, -0.2) is 4.98 Å². The molecule has 0 amide bonds. The number of hydrogen-bond donors (Lipinski definition) is 0. The molecule has 0 saturated heterocycles. The number of halogens is 2. The van der Waals surface area contributed by atoms with Gasteiger partial charge in [-0.05, 0) is 39.2 Å². The number of rotatable bonds is 2. The van der Waals surface area contributed by atoms with Gasteiger partial charge >= 0.3 is 0 Å². The van der Waals surface area contributed by atoms with Crippen molar-refractivity contribution in [2.45, 2.75) is 0 Å². The molecule has 1 N–H and O–H groups in total. The van der Waals surface area contributed by atoms with Crippen LogP contribution in [-0.4, -0.2) is 0 Å². The van der Waals surface area contributed by atoms with Crippen molar-refractivity contribution in [1.82, 2.24) is 0 Å². The van der Waals surface area contributed by atoms with Crippen LogP contribution in [0.4, 0.5) is 0 Å². The summed E-state index contributed by atoms with van der Waals surface area (Å²) >= 11 is 7.27. The van der Waals surface area contributed by atoms with Gasteiger partial charge in [0.05, 0.1) is 11.1 Å². The Balaban J connectivity index is 2.15. The van der Waals surface area contributed by atoms with E-state index in [1.54, 1.807) is 0 Å². The topological polar surface area (TPSA) is 14.1 Å². The van der Waals surface area contributed by atoms with Crippen LogP contribution in [0.25, 0.3) is 22.3 Å². The Labute approximate surface area is 135 Å². The minimum absolute atomic E-state index is 1.08. The van der Waals surface area contributed by atoms with Crippen molar-refractivity contribution in [3.63, 3.8) is 0 Å². The van der Waals surface area contributed by atoms with E-state index in [1.165, 1.54) is 11.1 Å². The summed E-state index contributed by atoms with van der Waals surface area (Å²) in [5.74, 6) is 0. The van der Waals surface area contributed by atoms with E-state index in [-0.39, 0.29) is 0 Å². The Kier molecular flexibility index (Phi) is 3.99. The predicted octanol–water partition coefficient (Wildman–Crippen LogP) is 5.36. The maximum atomic E-state index is 3.74. The summed E-state index contributed by atoms with van der Waals surface area (Å²) in [6.07, 6.45) is 4.03. The Bertz CT molecular complexity index is 739. The minimum Gasteiger partial charge on any atom is -0.217 e. The monoisotopic (exact) mass is 388 g/mol. The fourth-order valence-corrected chi connectivity index (χ4v) is 3.26. The van der Waals surface area contributed by atoms with Crippen molar-refractivity contribution in [3.05, 3.63) is 75.9 Å². The zero-order valence-electron chi connectivity index (χ0n) is 10.6. The molecule has 3 rings (SSSR count). The number of aromatic nitrogens is 1. The summed E-state index contributed by atoms with van der Waals surface area (Å²) in [5, 5.41) is 0. The Morgan fingerprint density at radius 2 is 1.35 bits per heavy atom. The van der Waals surface area contributed by atoms with Crippen molar-refractivity contribution < 1.29 is 4.98 Å². The van der Waals surface area contributed by atoms with E-state index in [1.807, 2.05) is 42.7 Å². The Morgan fingerprint density at radius 3 is 2.05 bits per heavy atom. The lowest BCUT2D eigenvalue weighted by Gasteiger charge is -2.07. The summed E-state index contributed by atoms with van der Waals surface area (Å²) in [7, 11) is 0. The molecule has 0 saturated carbocycles. The van der Waals surface area contributed by atoms with Crippen molar-refractivity contribution >= 4 is 31.9 Å². The molecule has 0 atom stereocenters. The Hall–Kier alpha value is -1.45. The molecule has 1 nitrogen and oxygen atoms in total. The van der Waals surface area contributed by atoms with Gasteiger partial charge in [0.15, 0.2) is 12.4 Å². The molecule has 0 radical (unpaired) electrons. The van der Waals surface area contributed by atoms with Crippen LogP contribution in [0.1, 0.15) is 0 Å². The van der Waals surface area contributed by atoms with E-state index in [9.17, 15) is 0 Å². The first kappa shape index (κ1) is 13.5. The number of pyridine rings is 1. The van der Waals surface area contributed by atoms with E-state index in [0.717, 1.165) is 20.1 Å². The largest absolute Gasteiger partial charge is 0.217 e.